The summed E-state index contributed by atoms with van der Waals surface area (Å²) in [5.74, 6) is 0. The van der Waals surface area contributed by atoms with Crippen molar-refractivity contribution in [3.05, 3.63) is 84.4 Å². The van der Waals surface area contributed by atoms with E-state index >= 15 is 0 Å². The topological polar surface area (TPSA) is 20.2 Å². The van der Waals surface area contributed by atoms with Crippen molar-refractivity contribution >= 4 is 0 Å². The van der Waals surface area contributed by atoms with Crippen LogP contribution in [-0.4, -0.2) is 11.2 Å². The highest BCUT2D eigenvalue weighted by molar-refractivity contribution is 5.83. The van der Waals surface area contributed by atoms with E-state index in [4.69, 9.17) is 0 Å². The van der Waals surface area contributed by atoms with Gasteiger partial charge in [-0.15, -0.1) is 0 Å². The van der Waals surface area contributed by atoms with Gasteiger partial charge in [0.25, 0.3) is 0 Å². The minimum atomic E-state index is -0.328. The van der Waals surface area contributed by atoms with Gasteiger partial charge in [0.05, 0.1) is 6.10 Å². The normalized spacial score (nSPS) is 12.1. The van der Waals surface area contributed by atoms with Gasteiger partial charge in [-0.2, -0.15) is 0 Å². The Kier molecular flexibility index (Phi) is 4.36. The Morgan fingerprint density at radius 3 is 1.82 bits per heavy atom. The van der Waals surface area contributed by atoms with Gasteiger partial charge < -0.3 is 5.11 Å². The summed E-state index contributed by atoms with van der Waals surface area (Å²) >= 11 is 0. The van der Waals surface area contributed by atoms with E-state index in [0.717, 1.165) is 5.56 Å². The van der Waals surface area contributed by atoms with E-state index in [0.29, 0.717) is 6.42 Å². The molecule has 1 nitrogen and oxygen atoms in total. The molecule has 0 radical (unpaired) electrons. The smallest absolute Gasteiger partial charge is 0.0552 e. The lowest BCUT2D eigenvalue weighted by Gasteiger charge is -2.13. The van der Waals surface area contributed by atoms with Crippen LogP contribution in [0.4, 0.5) is 0 Å². The third-order valence-electron chi connectivity index (χ3n) is 3.78. The molecule has 1 N–H and O–H groups in total. The molecule has 1 atom stereocenters. The van der Waals surface area contributed by atoms with Gasteiger partial charge in [-0.3, -0.25) is 0 Å². The van der Waals surface area contributed by atoms with Gasteiger partial charge in [0, 0.05) is 0 Å². The summed E-state index contributed by atoms with van der Waals surface area (Å²) in [5, 5.41) is 9.65. The molecule has 0 heterocycles. The van der Waals surface area contributed by atoms with Crippen molar-refractivity contribution in [1.29, 1.82) is 0 Å². The second-order valence-corrected chi connectivity index (χ2v) is 5.67. The van der Waals surface area contributed by atoms with Gasteiger partial charge in [0.1, 0.15) is 0 Å². The lowest BCUT2D eigenvalue weighted by atomic mass is 9.92. The largest absolute Gasteiger partial charge is 0.393 e. The quantitative estimate of drug-likeness (QED) is 0.720. The van der Waals surface area contributed by atoms with E-state index in [1.54, 1.807) is 0 Å². The molecule has 22 heavy (non-hydrogen) atoms. The van der Waals surface area contributed by atoms with Gasteiger partial charge >= 0.3 is 0 Å². The number of hydrogen-bond acceptors (Lipinski definition) is 1. The van der Waals surface area contributed by atoms with E-state index < -0.39 is 0 Å². The van der Waals surface area contributed by atoms with E-state index in [2.05, 4.69) is 66.7 Å². The van der Waals surface area contributed by atoms with E-state index in [1.807, 2.05) is 19.1 Å². The minimum absolute atomic E-state index is 0.328. The molecule has 1 unspecified atom stereocenters. The second-order valence-electron chi connectivity index (χ2n) is 5.67. The van der Waals surface area contributed by atoms with Crippen molar-refractivity contribution in [3.8, 4) is 22.3 Å². The molecule has 0 aliphatic carbocycles. The van der Waals surface area contributed by atoms with Gasteiger partial charge in [-0.05, 0) is 41.2 Å². The zero-order valence-electron chi connectivity index (χ0n) is 12.7. The van der Waals surface area contributed by atoms with Crippen molar-refractivity contribution in [3.63, 3.8) is 0 Å². The number of aliphatic hydroxyl groups excluding tert-OH is 1. The summed E-state index contributed by atoms with van der Waals surface area (Å²) < 4.78 is 0. The van der Waals surface area contributed by atoms with E-state index in [-0.39, 0.29) is 6.10 Å². The highest BCUT2D eigenvalue weighted by Crippen LogP contribution is 2.33. The maximum absolute atomic E-state index is 9.65. The molecule has 0 amide bonds. The molecule has 3 aromatic rings. The highest BCUT2D eigenvalue weighted by Gasteiger charge is 2.09. The SMILES string of the molecule is CC(O)Cc1ccc(-c2ccccc2)c(-c2ccccc2)c1. The predicted molar refractivity (Wildman–Crippen MR) is 92.7 cm³/mol. The van der Waals surface area contributed by atoms with Crippen LogP contribution in [0, 0.1) is 0 Å². The fourth-order valence-electron chi connectivity index (χ4n) is 2.79. The standard InChI is InChI=1S/C21H20O/c1-16(22)14-17-12-13-20(18-8-4-2-5-9-18)21(15-17)19-10-6-3-7-11-19/h2-13,15-16,22H,14H2,1H3. The van der Waals surface area contributed by atoms with E-state index in [1.165, 1.54) is 22.3 Å². The third-order valence-corrected chi connectivity index (χ3v) is 3.78. The summed E-state index contributed by atoms with van der Waals surface area (Å²) in [6, 6.07) is 27.3. The van der Waals surface area contributed by atoms with Crippen LogP contribution in [0.2, 0.25) is 0 Å². The fourth-order valence-corrected chi connectivity index (χ4v) is 2.79. The van der Waals surface area contributed by atoms with E-state index in [9.17, 15) is 5.11 Å². The summed E-state index contributed by atoms with van der Waals surface area (Å²) in [4.78, 5) is 0. The fraction of sp³-hybridized carbons (Fsp3) is 0.143. The minimum Gasteiger partial charge on any atom is -0.393 e. The van der Waals surface area contributed by atoms with Crippen LogP contribution in [-0.2, 0) is 6.42 Å². The molecule has 0 fully saturated rings. The molecule has 110 valence electrons. The van der Waals surface area contributed by atoms with Crippen LogP contribution in [0.15, 0.2) is 78.9 Å². The molecular weight excluding hydrogens is 268 g/mol. The first-order valence-electron chi connectivity index (χ1n) is 7.66. The van der Waals surface area contributed by atoms with Crippen molar-refractivity contribution < 1.29 is 5.11 Å². The van der Waals surface area contributed by atoms with Gasteiger partial charge in [-0.1, -0.05) is 78.9 Å². The van der Waals surface area contributed by atoms with Gasteiger partial charge in [0.15, 0.2) is 0 Å². The molecule has 0 spiro atoms. The molecule has 0 aromatic heterocycles. The lowest BCUT2D eigenvalue weighted by molar-refractivity contribution is 0.195. The third kappa shape index (κ3) is 3.26. The predicted octanol–water partition coefficient (Wildman–Crippen LogP) is 4.94. The Labute approximate surface area is 131 Å². The summed E-state index contributed by atoms with van der Waals surface area (Å²) in [7, 11) is 0. The summed E-state index contributed by atoms with van der Waals surface area (Å²) in [6.07, 6.45) is 0.348. The van der Waals surface area contributed by atoms with Crippen LogP contribution >= 0.6 is 0 Å². The van der Waals surface area contributed by atoms with Crippen LogP contribution in [0.1, 0.15) is 12.5 Å². The number of benzene rings is 3. The molecule has 3 rings (SSSR count). The Balaban J connectivity index is 2.13. The van der Waals surface area contributed by atoms with Crippen LogP contribution in [0.25, 0.3) is 22.3 Å². The summed E-state index contributed by atoms with van der Waals surface area (Å²) in [5.41, 5.74) is 6.01. The average Bonchev–Trinajstić information content (AvgIpc) is 2.56. The van der Waals surface area contributed by atoms with Gasteiger partial charge in [-0.25, -0.2) is 0 Å². The zero-order chi connectivity index (χ0) is 15.4. The Morgan fingerprint density at radius 1 is 0.727 bits per heavy atom. The first-order chi connectivity index (χ1) is 10.7. The zero-order valence-corrected chi connectivity index (χ0v) is 12.7. The van der Waals surface area contributed by atoms with Crippen molar-refractivity contribution in [1.82, 2.24) is 0 Å². The Bertz CT molecular complexity index is 730. The van der Waals surface area contributed by atoms with Crippen LogP contribution < -0.4 is 0 Å². The molecule has 0 aliphatic rings. The average molecular weight is 288 g/mol. The lowest BCUT2D eigenvalue weighted by Crippen LogP contribution is -2.04. The van der Waals surface area contributed by atoms with Crippen LogP contribution in [0.5, 0.6) is 0 Å². The van der Waals surface area contributed by atoms with Crippen molar-refractivity contribution in [2.75, 3.05) is 0 Å². The Morgan fingerprint density at radius 2 is 1.27 bits per heavy atom. The Hall–Kier alpha value is -2.38. The molecule has 0 bridgehead atoms. The number of hydrogen-bond donors (Lipinski definition) is 1. The number of aliphatic hydroxyl groups is 1. The molecule has 3 aromatic carbocycles. The molecule has 1 heteroatoms. The maximum Gasteiger partial charge on any atom is 0.0552 e. The van der Waals surface area contributed by atoms with Crippen molar-refractivity contribution in [2.24, 2.45) is 0 Å². The molecule has 0 aliphatic heterocycles. The summed E-state index contributed by atoms with van der Waals surface area (Å²) in [6.45, 7) is 1.83. The molecule has 0 saturated carbocycles. The number of rotatable bonds is 4. The van der Waals surface area contributed by atoms with Crippen molar-refractivity contribution in [2.45, 2.75) is 19.4 Å². The monoisotopic (exact) mass is 288 g/mol. The van der Waals surface area contributed by atoms with Gasteiger partial charge in [0.2, 0.25) is 0 Å². The first-order valence-corrected chi connectivity index (χ1v) is 7.66. The molecular formula is C21H20O. The second kappa shape index (κ2) is 6.59. The van der Waals surface area contributed by atoms with Crippen LogP contribution in [0.3, 0.4) is 0 Å². The maximum atomic E-state index is 9.65. The first kappa shape index (κ1) is 14.6. The molecule has 0 saturated heterocycles. The highest BCUT2D eigenvalue weighted by atomic mass is 16.3.